The van der Waals surface area contributed by atoms with Gasteiger partial charge < -0.3 is 5.73 Å². The Morgan fingerprint density at radius 3 is 2.80 bits per heavy atom. The first-order valence-corrected chi connectivity index (χ1v) is 5.61. The summed E-state index contributed by atoms with van der Waals surface area (Å²) in [6, 6.07) is 7.77. The Hall–Kier alpha value is -0.890. The number of rotatable bonds is 4. The molecule has 1 aliphatic rings. The molecule has 0 spiro atoms. The molecule has 0 aromatic heterocycles. The lowest BCUT2D eigenvalue weighted by atomic mass is 10.0. The van der Waals surface area contributed by atoms with E-state index < -0.39 is 6.17 Å². The molecular weight excluding hydrogens is 189 g/mol. The lowest BCUT2D eigenvalue weighted by molar-refractivity contribution is 0.374. The largest absolute Gasteiger partial charge is 0.325 e. The van der Waals surface area contributed by atoms with E-state index in [0.29, 0.717) is 0 Å². The van der Waals surface area contributed by atoms with E-state index in [9.17, 15) is 4.39 Å². The molecule has 1 unspecified atom stereocenters. The molecule has 2 rings (SSSR count). The van der Waals surface area contributed by atoms with Gasteiger partial charge in [-0.25, -0.2) is 4.39 Å². The van der Waals surface area contributed by atoms with Gasteiger partial charge in [0.15, 0.2) is 0 Å². The molecule has 0 aliphatic heterocycles. The third-order valence-corrected chi connectivity index (χ3v) is 3.21. The summed E-state index contributed by atoms with van der Waals surface area (Å²) >= 11 is 0. The van der Waals surface area contributed by atoms with Gasteiger partial charge in [-0.05, 0) is 43.7 Å². The van der Waals surface area contributed by atoms with Crippen molar-refractivity contribution in [3.05, 3.63) is 35.4 Å². The normalized spacial score (nSPS) is 19.9. The fourth-order valence-corrected chi connectivity index (χ4v) is 1.80. The molecule has 15 heavy (non-hydrogen) atoms. The lowest BCUT2D eigenvalue weighted by Crippen LogP contribution is -2.22. The Bertz CT molecular complexity index is 342. The Labute approximate surface area is 90.5 Å². The van der Waals surface area contributed by atoms with E-state index >= 15 is 0 Å². The molecule has 1 aromatic rings. The number of alkyl halides is 1. The van der Waals surface area contributed by atoms with Gasteiger partial charge in [-0.2, -0.15) is 0 Å². The number of nitrogens with two attached hydrogens (primary N) is 1. The first kappa shape index (κ1) is 10.6. The van der Waals surface area contributed by atoms with E-state index in [1.807, 2.05) is 18.2 Å². The summed E-state index contributed by atoms with van der Waals surface area (Å²) in [4.78, 5) is 0. The molecule has 1 saturated carbocycles. The Morgan fingerprint density at radius 1 is 1.47 bits per heavy atom. The molecule has 0 heterocycles. The van der Waals surface area contributed by atoms with E-state index in [-0.39, 0.29) is 5.54 Å². The average molecular weight is 207 g/mol. The third-order valence-electron chi connectivity index (χ3n) is 3.21. The highest BCUT2D eigenvalue weighted by atomic mass is 19.1. The SMILES string of the molecule is CC(F)c1cccc(CCC2(N)CC2)c1. The van der Waals surface area contributed by atoms with Crippen molar-refractivity contribution in [2.45, 2.75) is 44.3 Å². The summed E-state index contributed by atoms with van der Waals surface area (Å²) in [6.07, 6.45) is 3.41. The zero-order valence-corrected chi connectivity index (χ0v) is 9.17. The molecule has 0 radical (unpaired) electrons. The van der Waals surface area contributed by atoms with Gasteiger partial charge >= 0.3 is 0 Å². The molecule has 1 fully saturated rings. The van der Waals surface area contributed by atoms with Crippen molar-refractivity contribution in [1.82, 2.24) is 0 Å². The minimum atomic E-state index is -0.877. The minimum Gasteiger partial charge on any atom is -0.325 e. The second-order valence-electron chi connectivity index (χ2n) is 4.72. The summed E-state index contributed by atoms with van der Waals surface area (Å²) < 4.78 is 13.1. The van der Waals surface area contributed by atoms with Crippen LogP contribution in [-0.2, 0) is 6.42 Å². The first-order chi connectivity index (χ1) is 7.09. The number of benzene rings is 1. The zero-order valence-electron chi connectivity index (χ0n) is 9.17. The smallest absolute Gasteiger partial charge is 0.122 e. The molecule has 1 aliphatic carbocycles. The molecule has 2 heteroatoms. The van der Waals surface area contributed by atoms with Crippen LogP contribution < -0.4 is 5.73 Å². The molecule has 0 saturated heterocycles. The monoisotopic (exact) mass is 207 g/mol. The number of aryl methyl sites for hydroxylation is 1. The van der Waals surface area contributed by atoms with Gasteiger partial charge in [0.25, 0.3) is 0 Å². The number of hydrogen-bond donors (Lipinski definition) is 1. The van der Waals surface area contributed by atoms with Gasteiger partial charge in [0.2, 0.25) is 0 Å². The Morgan fingerprint density at radius 2 is 2.20 bits per heavy atom. The third kappa shape index (κ3) is 2.78. The van der Waals surface area contributed by atoms with Crippen LogP contribution in [0.25, 0.3) is 0 Å². The highest BCUT2D eigenvalue weighted by Crippen LogP contribution is 2.36. The Kier molecular flexibility index (Phi) is 2.79. The molecule has 1 aromatic carbocycles. The van der Waals surface area contributed by atoms with Gasteiger partial charge in [-0.15, -0.1) is 0 Å². The Balaban J connectivity index is 1.98. The highest BCUT2D eigenvalue weighted by Gasteiger charge is 2.37. The van der Waals surface area contributed by atoms with Gasteiger partial charge in [-0.3, -0.25) is 0 Å². The summed E-state index contributed by atoms with van der Waals surface area (Å²) in [5, 5.41) is 0. The fourth-order valence-electron chi connectivity index (χ4n) is 1.80. The van der Waals surface area contributed by atoms with Crippen molar-refractivity contribution in [3.63, 3.8) is 0 Å². The van der Waals surface area contributed by atoms with E-state index in [4.69, 9.17) is 5.73 Å². The van der Waals surface area contributed by atoms with Crippen LogP contribution in [0.3, 0.4) is 0 Å². The van der Waals surface area contributed by atoms with Crippen LogP contribution in [0.15, 0.2) is 24.3 Å². The summed E-state index contributed by atoms with van der Waals surface area (Å²) in [6.45, 7) is 1.57. The van der Waals surface area contributed by atoms with Crippen LogP contribution in [0.2, 0.25) is 0 Å². The molecule has 82 valence electrons. The van der Waals surface area contributed by atoms with Crippen molar-refractivity contribution in [1.29, 1.82) is 0 Å². The van der Waals surface area contributed by atoms with Gasteiger partial charge in [-0.1, -0.05) is 24.3 Å². The van der Waals surface area contributed by atoms with E-state index in [0.717, 1.165) is 31.2 Å². The minimum absolute atomic E-state index is 0.0946. The first-order valence-electron chi connectivity index (χ1n) is 5.61. The molecule has 2 N–H and O–H groups in total. The molecule has 1 nitrogen and oxygen atoms in total. The van der Waals surface area contributed by atoms with E-state index in [1.54, 1.807) is 6.92 Å². The van der Waals surface area contributed by atoms with Gasteiger partial charge in [0, 0.05) is 5.54 Å². The molecule has 1 atom stereocenters. The fraction of sp³-hybridized carbons (Fsp3) is 0.538. The predicted molar refractivity (Wildman–Crippen MR) is 60.4 cm³/mol. The highest BCUT2D eigenvalue weighted by molar-refractivity contribution is 5.25. The molecular formula is C13H18FN. The van der Waals surface area contributed by atoms with Crippen molar-refractivity contribution in [2.24, 2.45) is 5.73 Å². The van der Waals surface area contributed by atoms with Crippen molar-refractivity contribution in [2.75, 3.05) is 0 Å². The van der Waals surface area contributed by atoms with Crippen LogP contribution >= 0.6 is 0 Å². The zero-order chi connectivity index (χ0) is 10.9. The summed E-state index contributed by atoms with van der Waals surface area (Å²) in [5.74, 6) is 0. The number of hydrogen-bond acceptors (Lipinski definition) is 1. The average Bonchev–Trinajstić information content (AvgIpc) is 2.95. The van der Waals surface area contributed by atoms with Crippen LogP contribution in [0.4, 0.5) is 4.39 Å². The van der Waals surface area contributed by atoms with Crippen LogP contribution in [0, 0.1) is 0 Å². The maximum atomic E-state index is 13.1. The van der Waals surface area contributed by atoms with Crippen molar-refractivity contribution < 1.29 is 4.39 Å². The van der Waals surface area contributed by atoms with E-state index in [1.165, 1.54) is 5.56 Å². The number of halogens is 1. The van der Waals surface area contributed by atoms with Gasteiger partial charge in [0.05, 0.1) is 0 Å². The van der Waals surface area contributed by atoms with E-state index in [2.05, 4.69) is 6.07 Å². The maximum Gasteiger partial charge on any atom is 0.122 e. The maximum absolute atomic E-state index is 13.1. The summed E-state index contributed by atoms with van der Waals surface area (Å²) in [5.41, 5.74) is 8.09. The van der Waals surface area contributed by atoms with Gasteiger partial charge in [0.1, 0.15) is 6.17 Å². The second-order valence-corrected chi connectivity index (χ2v) is 4.72. The molecule has 0 amide bonds. The topological polar surface area (TPSA) is 26.0 Å². The second kappa shape index (κ2) is 3.93. The standard InChI is InChI=1S/C13H18FN/c1-10(14)12-4-2-3-11(9-12)5-6-13(15)7-8-13/h2-4,9-10H,5-8,15H2,1H3. The van der Waals surface area contributed by atoms with Crippen LogP contribution in [0.5, 0.6) is 0 Å². The quantitative estimate of drug-likeness (QED) is 0.806. The van der Waals surface area contributed by atoms with Crippen LogP contribution in [0.1, 0.15) is 43.5 Å². The predicted octanol–water partition coefficient (Wildman–Crippen LogP) is 3.14. The van der Waals surface area contributed by atoms with Crippen molar-refractivity contribution >= 4 is 0 Å². The molecule has 0 bridgehead atoms. The summed E-state index contributed by atoms with van der Waals surface area (Å²) in [7, 11) is 0. The van der Waals surface area contributed by atoms with Crippen molar-refractivity contribution in [3.8, 4) is 0 Å². The van der Waals surface area contributed by atoms with Crippen LogP contribution in [-0.4, -0.2) is 5.54 Å². The lowest BCUT2D eigenvalue weighted by Gasteiger charge is -2.09.